The van der Waals surface area contributed by atoms with Crippen LogP contribution in [0.4, 0.5) is 0 Å². The summed E-state index contributed by atoms with van der Waals surface area (Å²) in [4.78, 5) is 0. The van der Waals surface area contributed by atoms with E-state index in [2.05, 4.69) is 91.9 Å². The molecule has 144 valence electrons. The lowest BCUT2D eigenvalue weighted by Crippen LogP contribution is -2.16. The van der Waals surface area contributed by atoms with Crippen LogP contribution in [0.1, 0.15) is 37.0 Å². The molecule has 0 saturated carbocycles. The van der Waals surface area contributed by atoms with Gasteiger partial charge in [0.2, 0.25) is 0 Å². The molecular formula is C28H26O. The maximum absolute atomic E-state index is 6.31. The number of hydrogen-bond donors (Lipinski definition) is 0. The Labute approximate surface area is 173 Å². The van der Waals surface area contributed by atoms with Crippen molar-refractivity contribution in [2.45, 2.75) is 32.3 Å². The maximum Gasteiger partial charge on any atom is 0.0834 e. The molecule has 0 aromatic heterocycles. The molecule has 4 aromatic rings. The van der Waals surface area contributed by atoms with E-state index < -0.39 is 0 Å². The Hall–Kier alpha value is -2.90. The zero-order chi connectivity index (χ0) is 19.6. The average molecular weight is 379 g/mol. The summed E-state index contributed by atoms with van der Waals surface area (Å²) in [6, 6.07) is 30.6. The van der Waals surface area contributed by atoms with Gasteiger partial charge in [0.15, 0.2) is 0 Å². The molecule has 0 fully saturated rings. The molecule has 0 N–H and O–H groups in total. The van der Waals surface area contributed by atoms with Gasteiger partial charge in [-0.15, -0.1) is 0 Å². The molecule has 0 spiro atoms. The maximum atomic E-state index is 6.31. The van der Waals surface area contributed by atoms with Gasteiger partial charge in [0.25, 0.3) is 0 Å². The van der Waals surface area contributed by atoms with Crippen molar-refractivity contribution in [3.05, 3.63) is 96.1 Å². The van der Waals surface area contributed by atoms with E-state index in [4.69, 9.17) is 4.74 Å². The van der Waals surface area contributed by atoms with Crippen LogP contribution < -0.4 is 0 Å². The van der Waals surface area contributed by atoms with Gasteiger partial charge in [-0.25, -0.2) is 0 Å². The highest BCUT2D eigenvalue weighted by Crippen LogP contribution is 2.48. The van der Waals surface area contributed by atoms with Crippen LogP contribution in [0.2, 0.25) is 0 Å². The lowest BCUT2D eigenvalue weighted by molar-refractivity contribution is 0.0506. The molecule has 5 rings (SSSR count). The van der Waals surface area contributed by atoms with Crippen LogP contribution in [0, 0.1) is 0 Å². The van der Waals surface area contributed by atoms with Crippen LogP contribution in [-0.2, 0) is 11.2 Å². The molecule has 4 aromatic carbocycles. The molecule has 1 nitrogen and oxygen atoms in total. The average Bonchev–Trinajstić information content (AvgIpc) is 2.79. The summed E-state index contributed by atoms with van der Waals surface area (Å²) in [7, 11) is 0. The second-order valence-corrected chi connectivity index (χ2v) is 7.76. The zero-order valence-corrected chi connectivity index (χ0v) is 16.9. The standard InChI is InChI=1S/C28H26O/c1-2-29-25-19-11-18-24-26(20-12-5-3-6-13-20)22-16-9-10-17-23(22)27(28(24)25)21-14-7-4-8-15-21/h3-10,12-17,25H,2,11,18-19H2,1H3. The Morgan fingerprint density at radius 2 is 1.28 bits per heavy atom. The van der Waals surface area contributed by atoms with E-state index in [1.54, 1.807) is 0 Å². The molecule has 1 unspecified atom stereocenters. The first-order chi connectivity index (χ1) is 14.4. The topological polar surface area (TPSA) is 9.23 Å². The lowest BCUT2D eigenvalue weighted by Gasteiger charge is -2.32. The molecule has 0 amide bonds. The third-order valence-electron chi connectivity index (χ3n) is 6.07. The first-order valence-corrected chi connectivity index (χ1v) is 10.7. The smallest absolute Gasteiger partial charge is 0.0834 e. The third kappa shape index (κ3) is 3.16. The summed E-state index contributed by atoms with van der Waals surface area (Å²) in [5, 5.41) is 2.66. The van der Waals surface area contributed by atoms with Gasteiger partial charge < -0.3 is 4.74 Å². The number of fused-ring (bicyclic) bond motifs is 2. The van der Waals surface area contributed by atoms with Crippen molar-refractivity contribution in [3.63, 3.8) is 0 Å². The molecular weight excluding hydrogens is 352 g/mol. The molecule has 1 aliphatic carbocycles. The fraction of sp³-hybridized carbons (Fsp3) is 0.214. The summed E-state index contributed by atoms with van der Waals surface area (Å²) in [6.45, 7) is 2.85. The minimum atomic E-state index is 0.158. The molecule has 0 heterocycles. The van der Waals surface area contributed by atoms with E-state index in [9.17, 15) is 0 Å². The predicted octanol–water partition coefficient (Wildman–Crippen LogP) is 7.59. The molecule has 0 radical (unpaired) electrons. The number of benzene rings is 4. The zero-order valence-electron chi connectivity index (χ0n) is 16.9. The van der Waals surface area contributed by atoms with Crippen molar-refractivity contribution in [1.29, 1.82) is 0 Å². The van der Waals surface area contributed by atoms with Crippen LogP contribution in [0.25, 0.3) is 33.0 Å². The highest BCUT2D eigenvalue weighted by molar-refractivity contribution is 6.08. The van der Waals surface area contributed by atoms with E-state index in [1.807, 2.05) is 0 Å². The molecule has 1 aliphatic rings. The normalized spacial score (nSPS) is 16.0. The second kappa shape index (κ2) is 7.85. The Morgan fingerprint density at radius 1 is 0.724 bits per heavy atom. The largest absolute Gasteiger partial charge is 0.374 e. The molecule has 0 aliphatic heterocycles. The minimum Gasteiger partial charge on any atom is -0.374 e. The van der Waals surface area contributed by atoms with Crippen LogP contribution >= 0.6 is 0 Å². The van der Waals surface area contributed by atoms with Gasteiger partial charge >= 0.3 is 0 Å². The van der Waals surface area contributed by atoms with E-state index in [0.29, 0.717) is 0 Å². The molecule has 29 heavy (non-hydrogen) atoms. The van der Waals surface area contributed by atoms with Crippen molar-refractivity contribution in [2.24, 2.45) is 0 Å². The number of hydrogen-bond acceptors (Lipinski definition) is 1. The minimum absolute atomic E-state index is 0.158. The van der Waals surface area contributed by atoms with Gasteiger partial charge in [-0.05, 0) is 70.3 Å². The van der Waals surface area contributed by atoms with E-state index in [-0.39, 0.29) is 6.10 Å². The first-order valence-electron chi connectivity index (χ1n) is 10.7. The van der Waals surface area contributed by atoms with Crippen LogP contribution in [-0.4, -0.2) is 6.61 Å². The Balaban J connectivity index is 1.93. The monoisotopic (exact) mass is 378 g/mol. The summed E-state index contributed by atoms with van der Waals surface area (Å²) in [6.07, 6.45) is 3.52. The second-order valence-electron chi connectivity index (χ2n) is 7.76. The van der Waals surface area contributed by atoms with E-state index in [0.717, 1.165) is 19.4 Å². The van der Waals surface area contributed by atoms with Crippen molar-refractivity contribution in [1.82, 2.24) is 0 Å². The van der Waals surface area contributed by atoms with Gasteiger partial charge in [0, 0.05) is 6.61 Å². The summed E-state index contributed by atoms with van der Waals surface area (Å²) in [5.74, 6) is 0. The van der Waals surface area contributed by atoms with Gasteiger partial charge in [-0.1, -0.05) is 84.9 Å². The molecule has 0 bridgehead atoms. The van der Waals surface area contributed by atoms with Crippen LogP contribution in [0.3, 0.4) is 0 Å². The van der Waals surface area contributed by atoms with Crippen molar-refractivity contribution in [3.8, 4) is 22.3 Å². The van der Waals surface area contributed by atoms with Crippen LogP contribution in [0.15, 0.2) is 84.9 Å². The molecule has 1 heteroatoms. The van der Waals surface area contributed by atoms with Gasteiger partial charge in [-0.2, -0.15) is 0 Å². The highest BCUT2D eigenvalue weighted by atomic mass is 16.5. The van der Waals surface area contributed by atoms with E-state index in [1.165, 1.54) is 50.6 Å². The van der Waals surface area contributed by atoms with E-state index >= 15 is 0 Å². The number of ether oxygens (including phenoxy) is 1. The molecule has 0 saturated heterocycles. The van der Waals surface area contributed by atoms with Gasteiger partial charge in [0.1, 0.15) is 0 Å². The van der Waals surface area contributed by atoms with Crippen molar-refractivity contribution < 1.29 is 4.74 Å². The quantitative estimate of drug-likeness (QED) is 0.355. The van der Waals surface area contributed by atoms with Crippen LogP contribution in [0.5, 0.6) is 0 Å². The van der Waals surface area contributed by atoms with Crippen molar-refractivity contribution in [2.75, 3.05) is 6.61 Å². The Bertz CT molecular complexity index is 1130. The fourth-order valence-corrected chi connectivity index (χ4v) is 4.95. The van der Waals surface area contributed by atoms with Crippen molar-refractivity contribution >= 4 is 10.8 Å². The summed E-state index contributed by atoms with van der Waals surface area (Å²) >= 11 is 0. The van der Waals surface area contributed by atoms with Gasteiger partial charge in [-0.3, -0.25) is 0 Å². The fourth-order valence-electron chi connectivity index (χ4n) is 4.95. The number of rotatable bonds is 4. The molecule has 1 atom stereocenters. The highest BCUT2D eigenvalue weighted by Gasteiger charge is 2.29. The summed E-state index contributed by atoms with van der Waals surface area (Å²) < 4.78 is 6.31. The van der Waals surface area contributed by atoms with Gasteiger partial charge in [0.05, 0.1) is 6.10 Å². The Morgan fingerprint density at radius 3 is 1.90 bits per heavy atom. The SMILES string of the molecule is CCOC1CCCc2c1c(-c1ccccc1)c1ccccc1c2-c1ccccc1. The Kier molecular flexibility index (Phi) is 4.91. The summed E-state index contributed by atoms with van der Waals surface area (Å²) in [5.41, 5.74) is 8.21. The third-order valence-corrected chi connectivity index (χ3v) is 6.07. The first kappa shape index (κ1) is 18.1. The lowest BCUT2D eigenvalue weighted by atomic mass is 9.76. The predicted molar refractivity (Wildman–Crippen MR) is 122 cm³/mol.